The summed E-state index contributed by atoms with van der Waals surface area (Å²) in [6.07, 6.45) is -0.00421. The van der Waals surface area contributed by atoms with Gasteiger partial charge in [-0.3, -0.25) is 0 Å². The molecular weight excluding hydrogens is 315 g/mol. The molecule has 0 saturated carbocycles. The van der Waals surface area contributed by atoms with Gasteiger partial charge >= 0.3 is 6.03 Å². The van der Waals surface area contributed by atoms with Crippen LogP contribution < -0.4 is 5.32 Å². The summed E-state index contributed by atoms with van der Waals surface area (Å²) >= 11 is 3.29. The molecule has 1 saturated heterocycles. The highest BCUT2D eigenvalue weighted by molar-refractivity contribution is 9.10. The molecular formula is C13H16BrFN2O2. The Labute approximate surface area is 120 Å². The Morgan fingerprint density at radius 1 is 1.53 bits per heavy atom. The van der Waals surface area contributed by atoms with Crippen molar-refractivity contribution >= 4 is 27.6 Å². The van der Waals surface area contributed by atoms with E-state index >= 15 is 0 Å². The van der Waals surface area contributed by atoms with Crippen LogP contribution in [0.25, 0.3) is 0 Å². The van der Waals surface area contributed by atoms with Crippen molar-refractivity contribution in [2.45, 2.75) is 26.0 Å². The number of hydrogen-bond donors (Lipinski definition) is 1. The third kappa shape index (κ3) is 3.25. The molecule has 1 aliphatic rings. The van der Waals surface area contributed by atoms with Gasteiger partial charge in [-0.2, -0.15) is 0 Å². The number of urea groups is 1. The Bertz CT molecular complexity index is 484. The molecule has 0 aliphatic carbocycles. The van der Waals surface area contributed by atoms with Crippen molar-refractivity contribution in [1.29, 1.82) is 0 Å². The topological polar surface area (TPSA) is 41.6 Å². The standard InChI is InChI=1S/C13H16BrFN2O2/c1-8-9(2)19-6-5-17(8)13(18)16-12-7-10(15)3-4-11(12)14/h3-4,7-9H,5-6H2,1-2H3,(H,16,18)/t8-,9-/m1/s1. The molecule has 2 rings (SSSR count). The van der Waals surface area contributed by atoms with Crippen molar-refractivity contribution in [1.82, 2.24) is 4.90 Å². The highest BCUT2D eigenvalue weighted by Crippen LogP contribution is 2.24. The number of nitrogens with zero attached hydrogens (tertiary/aromatic N) is 1. The number of benzene rings is 1. The van der Waals surface area contributed by atoms with Crippen LogP contribution in [0.4, 0.5) is 14.9 Å². The molecule has 1 aromatic carbocycles. The van der Waals surface area contributed by atoms with Gasteiger partial charge in [-0.15, -0.1) is 0 Å². The molecule has 0 unspecified atom stereocenters. The van der Waals surface area contributed by atoms with Gasteiger partial charge in [-0.05, 0) is 48.0 Å². The zero-order valence-electron chi connectivity index (χ0n) is 10.8. The van der Waals surface area contributed by atoms with E-state index in [1.165, 1.54) is 12.1 Å². The van der Waals surface area contributed by atoms with Gasteiger partial charge in [0.1, 0.15) is 5.82 Å². The Morgan fingerprint density at radius 3 is 3.00 bits per heavy atom. The first kappa shape index (κ1) is 14.3. The largest absolute Gasteiger partial charge is 0.375 e. The van der Waals surface area contributed by atoms with Gasteiger partial charge in [0.2, 0.25) is 0 Å². The van der Waals surface area contributed by atoms with Crippen molar-refractivity contribution in [2.75, 3.05) is 18.5 Å². The molecule has 104 valence electrons. The lowest BCUT2D eigenvalue weighted by atomic mass is 10.1. The van der Waals surface area contributed by atoms with Crippen LogP contribution in [0.15, 0.2) is 22.7 Å². The monoisotopic (exact) mass is 330 g/mol. The Hall–Kier alpha value is -1.14. The van der Waals surface area contributed by atoms with E-state index < -0.39 is 0 Å². The molecule has 6 heteroatoms. The zero-order valence-corrected chi connectivity index (χ0v) is 12.4. The van der Waals surface area contributed by atoms with Gasteiger partial charge in [0, 0.05) is 11.0 Å². The number of carbonyl (C=O) groups is 1. The smallest absolute Gasteiger partial charge is 0.322 e. The van der Waals surface area contributed by atoms with E-state index in [1.807, 2.05) is 13.8 Å². The summed E-state index contributed by atoms with van der Waals surface area (Å²) in [6, 6.07) is 3.93. The second kappa shape index (κ2) is 5.88. The molecule has 1 aliphatic heterocycles. The summed E-state index contributed by atoms with van der Waals surface area (Å²) in [5.41, 5.74) is 0.427. The summed E-state index contributed by atoms with van der Waals surface area (Å²) < 4.78 is 19.3. The van der Waals surface area contributed by atoms with E-state index in [4.69, 9.17) is 4.74 Å². The van der Waals surface area contributed by atoms with E-state index in [0.717, 1.165) is 0 Å². The average molecular weight is 331 g/mol. The molecule has 0 radical (unpaired) electrons. The average Bonchev–Trinajstić information content (AvgIpc) is 2.37. The number of carbonyl (C=O) groups excluding carboxylic acids is 1. The SMILES string of the molecule is C[C@@H]1[C@@H](C)OCCN1C(=O)Nc1cc(F)ccc1Br. The van der Waals surface area contributed by atoms with Gasteiger partial charge in [0.15, 0.2) is 0 Å². The highest BCUT2D eigenvalue weighted by atomic mass is 79.9. The summed E-state index contributed by atoms with van der Waals surface area (Å²) in [6.45, 7) is 4.92. The van der Waals surface area contributed by atoms with E-state index in [0.29, 0.717) is 23.3 Å². The summed E-state index contributed by atoms with van der Waals surface area (Å²) in [5.74, 6) is -0.387. The fourth-order valence-electron chi connectivity index (χ4n) is 2.00. The van der Waals surface area contributed by atoms with E-state index in [2.05, 4.69) is 21.2 Å². The summed E-state index contributed by atoms with van der Waals surface area (Å²) in [5, 5.41) is 2.72. The minimum absolute atomic E-state index is 0.00421. The number of halogens is 2. The molecule has 2 atom stereocenters. The number of hydrogen-bond acceptors (Lipinski definition) is 2. The van der Waals surface area contributed by atoms with Crippen molar-refractivity contribution in [3.8, 4) is 0 Å². The van der Waals surface area contributed by atoms with Crippen LogP contribution in [0.2, 0.25) is 0 Å². The van der Waals surface area contributed by atoms with Gasteiger partial charge in [0.25, 0.3) is 0 Å². The number of nitrogens with one attached hydrogen (secondary N) is 1. The molecule has 4 nitrogen and oxygen atoms in total. The highest BCUT2D eigenvalue weighted by Gasteiger charge is 2.29. The minimum atomic E-state index is -0.387. The number of rotatable bonds is 1. The van der Waals surface area contributed by atoms with Gasteiger partial charge in [-0.25, -0.2) is 9.18 Å². The second-order valence-corrected chi connectivity index (χ2v) is 5.42. The Balaban J connectivity index is 2.10. The predicted molar refractivity (Wildman–Crippen MR) is 74.7 cm³/mol. The zero-order chi connectivity index (χ0) is 14.0. The molecule has 1 aromatic rings. The third-order valence-corrected chi connectivity index (χ3v) is 4.01. The van der Waals surface area contributed by atoms with Crippen LogP contribution in [-0.4, -0.2) is 36.2 Å². The summed E-state index contributed by atoms with van der Waals surface area (Å²) in [4.78, 5) is 13.9. The fourth-order valence-corrected chi connectivity index (χ4v) is 2.35. The molecule has 1 heterocycles. The molecule has 1 fully saturated rings. The first-order valence-corrected chi connectivity index (χ1v) is 6.92. The number of anilines is 1. The van der Waals surface area contributed by atoms with Gasteiger partial charge in [0.05, 0.1) is 24.4 Å². The van der Waals surface area contributed by atoms with Crippen LogP contribution in [0.3, 0.4) is 0 Å². The predicted octanol–water partition coefficient (Wildman–Crippen LogP) is 3.23. The van der Waals surface area contributed by atoms with Crippen molar-refractivity contribution in [2.24, 2.45) is 0 Å². The van der Waals surface area contributed by atoms with E-state index in [1.54, 1.807) is 11.0 Å². The maximum Gasteiger partial charge on any atom is 0.322 e. The van der Waals surface area contributed by atoms with Crippen molar-refractivity contribution in [3.05, 3.63) is 28.5 Å². The number of ether oxygens (including phenoxy) is 1. The van der Waals surface area contributed by atoms with Crippen molar-refractivity contribution in [3.63, 3.8) is 0 Å². The van der Waals surface area contributed by atoms with E-state index in [9.17, 15) is 9.18 Å². The van der Waals surface area contributed by atoms with Crippen LogP contribution in [-0.2, 0) is 4.74 Å². The maximum atomic E-state index is 13.2. The number of amides is 2. The van der Waals surface area contributed by atoms with Crippen LogP contribution in [0.5, 0.6) is 0 Å². The van der Waals surface area contributed by atoms with Gasteiger partial charge < -0.3 is 15.0 Å². The van der Waals surface area contributed by atoms with Gasteiger partial charge in [-0.1, -0.05) is 0 Å². The van der Waals surface area contributed by atoms with Crippen LogP contribution >= 0.6 is 15.9 Å². The lowest BCUT2D eigenvalue weighted by Gasteiger charge is -2.37. The fraction of sp³-hybridized carbons (Fsp3) is 0.462. The third-order valence-electron chi connectivity index (χ3n) is 3.31. The van der Waals surface area contributed by atoms with Crippen LogP contribution in [0.1, 0.15) is 13.8 Å². The molecule has 1 N–H and O–H groups in total. The molecule has 0 aromatic heterocycles. The Morgan fingerprint density at radius 2 is 2.26 bits per heavy atom. The molecule has 19 heavy (non-hydrogen) atoms. The van der Waals surface area contributed by atoms with E-state index in [-0.39, 0.29) is 24.0 Å². The lowest BCUT2D eigenvalue weighted by molar-refractivity contribution is -0.0355. The second-order valence-electron chi connectivity index (χ2n) is 4.56. The minimum Gasteiger partial charge on any atom is -0.375 e. The normalized spacial score (nSPS) is 23.3. The quantitative estimate of drug-likeness (QED) is 0.858. The first-order valence-electron chi connectivity index (χ1n) is 6.13. The lowest BCUT2D eigenvalue weighted by Crippen LogP contribution is -2.52. The molecule has 0 spiro atoms. The molecule has 0 bridgehead atoms. The molecule has 2 amide bonds. The van der Waals surface area contributed by atoms with Crippen molar-refractivity contribution < 1.29 is 13.9 Å². The van der Waals surface area contributed by atoms with Crippen LogP contribution in [0, 0.1) is 5.82 Å². The summed E-state index contributed by atoms with van der Waals surface area (Å²) in [7, 11) is 0. The maximum absolute atomic E-state index is 13.2. The first-order chi connectivity index (χ1) is 8.99. The number of morpholine rings is 1. The Kier molecular flexibility index (Phi) is 4.42.